The number of carbonyl (C=O) groups is 2. The lowest BCUT2D eigenvalue weighted by Gasteiger charge is -2.21. The molecule has 39 heavy (non-hydrogen) atoms. The van der Waals surface area contributed by atoms with Gasteiger partial charge in [0.15, 0.2) is 0 Å². The summed E-state index contributed by atoms with van der Waals surface area (Å²) < 4.78 is 1.59. The Morgan fingerprint density at radius 1 is 0.846 bits per heavy atom. The van der Waals surface area contributed by atoms with Gasteiger partial charge in [-0.1, -0.05) is 89.9 Å². The summed E-state index contributed by atoms with van der Waals surface area (Å²) in [5.74, 6) is 0.0634. The molecule has 0 unspecified atom stereocenters. The summed E-state index contributed by atoms with van der Waals surface area (Å²) in [4.78, 5) is 27.7. The van der Waals surface area contributed by atoms with Gasteiger partial charge in [-0.3, -0.25) is 4.79 Å². The first-order valence-electron chi connectivity index (χ1n) is 12.4. The van der Waals surface area contributed by atoms with Crippen molar-refractivity contribution in [3.63, 3.8) is 0 Å². The summed E-state index contributed by atoms with van der Waals surface area (Å²) in [6, 6.07) is 29.7. The molecule has 0 bridgehead atoms. The van der Waals surface area contributed by atoms with Crippen LogP contribution in [0.2, 0.25) is 10.0 Å². The topological polar surface area (TPSA) is 79.3 Å². The summed E-state index contributed by atoms with van der Waals surface area (Å²) in [7, 11) is 0. The van der Waals surface area contributed by atoms with Gasteiger partial charge in [-0.25, -0.2) is 9.48 Å². The van der Waals surface area contributed by atoms with Gasteiger partial charge >= 0.3 is 6.03 Å². The molecule has 0 fully saturated rings. The predicted molar refractivity (Wildman–Crippen MR) is 158 cm³/mol. The van der Waals surface area contributed by atoms with E-state index in [1.807, 2.05) is 79.7 Å². The third-order valence-electron chi connectivity index (χ3n) is 6.23. The summed E-state index contributed by atoms with van der Waals surface area (Å²) in [5, 5.41) is 13.3. The van der Waals surface area contributed by atoms with Crippen LogP contribution in [0, 0.1) is 0 Å². The van der Waals surface area contributed by atoms with Gasteiger partial charge in [-0.05, 0) is 36.6 Å². The maximum absolute atomic E-state index is 13.2. The van der Waals surface area contributed by atoms with Crippen LogP contribution in [0.5, 0.6) is 0 Å². The number of hydrogen-bond acceptors (Lipinski definition) is 3. The number of carbonyl (C=O) groups excluding carboxylic acids is 2. The maximum atomic E-state index is 13.2. The van der Waals surface area contributed by atoms with Gasteiger partial charge in [0.1, 0.15) is 12.4 Å². The number of likely N-dealkylation sites (N-methyl/N-ethyl adjacent to an activating group) is 1. The summed E-state index contributed by atoms with van der Waals surface area (Å²) in [6.45, 7) is 2.01. The van der Waals surface area contributed by atoms with Crippen LogP contribution in [-0.2, 0) is 4.79 Å². The molecule has 1 aromatic heterocycles. The number of nitrogens with one attached hydrogen (secondary N) is 2. The van der Waals surface area contributed by atoms with Crippen molar-refractivity contribution in [1.82, 2.24) is 14.7 Å². The van der Waals surface area contributed by atoms with E-state index >= 15 is 0 Å². The molecule has 1 heterocycles. The number of aromatic nitrogens is 2. The van der Waals surface area contributed by atoms with Crippen LogP contribution in [0.4, 0.5) is 16.3 Å². The fraction of sp³-hybridized carbons (Fsp3) is 0.100. The van der Waals surface area contributed by atoms with Crippen LogP contribution >= 0.6 is 23.2 Å². The van der Waals surface area contributed by atoms with Gasteiger partial charge in [-0.15, -0.1) is 0 Å². The second-order valence-corrected chi connectivity index (χ2v) is 9.62. The fourth-order valence-corrected chi connectivity index (χ4v) is 4.54. The molecule has 0 aliphatic heterocycles. The van der Waals surface area contributed by atoms with Crippen molar-refractivity contribution in [2.75, 3.05) is 23.7 Å². The van der Waals surface area contributed by atoms with E-state index in [1.54, 1.807) is 28.9 Å². The van der Waals surface area contributed by atoms with E-state index in [-0.39, 0.29) is 18.5 Å². The van der Waals surface area contributed by atoms with Gasteiger partial charge in [0, 0.05) is 23.6 Å². The highest BCUT2D eigenvalue weighted by atomic mass is 35.5. The number of amides is 3. The van der Waals surface area contributed by atoms with Crippen LogP contribution in [0.15, 0.2) is 97.1 Å². The van der Waals surface area contributed by atoms with Gasteiger partial charge in [0.05, 0.1) is 27.1 Å². The molecule has 4 aromatic carbocycles. The predicted octanol–water partition coefficient (Wildman–Crippen LogP) is 7.49. The normalized spacial score (nSPS) is 10.8. The molecule has 0 aliphatic rings. The van der Waals surface area contributed by atoms with E-state index in [0.29, 0.717) is 39.5 Å². The van der Waals surface area contributed by atoms with Crippen molar-refractivity contribution in [2.45, 2.75) is 6.92 Å². The minimum absolute atomic E-state index is 0.152. The zero-order chi connectivity index (χ0) is 27.4. The minimum Gasteiger partial charge on any atom is -0.315 e. The third-order valence-corrected chi connectivity index (χ3v) is 6.97. The highest BCUT2D eigenvalue weighted by molar-refractivity contribution is 6.42. The van der Waals surface area contributed by atoms with E-state index in [4.69, 9.17) is 28.3 Å². The molecule has 0 atom stereocenters. The van der Waals surface area contributed by atoms with Crippen molar-refractivity contribution in [2.24, 2.45) is 0 Å². The number of rotatable bonds is 7. The van der Waals surface area contributed by atoms with Gasteiger partial charge in [0.25, 0.3) is 0 Å². The first kappa shape index (κ1) is 26.3. The molecule has 5 rings (SSSR count). The largest absolute Gasteiger partial charge is 0.322 e. The molecule has 7 nitrogen and oxygen atoms in total. The van der Waals surface area contributed by atoms with E-state index in [0.717, 1.165) is 16.3 Å². The molecular weight excluding hydrogens is 533 g/mol. The van der Waals surface area contributed by atoms with Crippen LogP contribution < -0.4 is 10.6 Å². The Bertz CT molecular complexity index is 1650. The lowest BCUT2D eigenvalue weighted by Crippen LogP contribution is -2.40. The summed E-state index contributed by atoms with van der Waals surface area (Å²) in [5.41, 5.74) is 2.86. The molecule has 196 valence electrons. The molecule has 0 saturated heterocycles. The zero-order valence-corrected chi connectivity index (χ0v) is 22.6. The Balaban J connectivity index is 1.37. The Hall–Kier alpha value is -4.33. The lowest BCUT2D eigenvalue weighted by molar-refractivity contribution is -0.116. The number of fused-ring (bicyclic) bond motifs is 1. The van der Waals surface area contributed by atoms with Crippen LogP contribution in [-0.4, -0.2) is 39.7 Å². The SMILES string of the molecule is CCN(CC(=O)Nc1cc(-c2ccccc2)nn1-c1ccc(Cl)c(Cl)c1)C(=O)Nc1cccc2ccccc12. The van der Waals surface area contributed by atoms with Crippen molar-refractivity contribution >= 4 is 57.4 Å². The number of nitrogens with zero attached hydrogens (tertiary/aromatic N) is 3. The second-order valence-electron chi connectivity index (χ2n) is 8.81. The van der Waals surface area contributed by atoms with Crippen molar-refractivity contribution in [3.05, 3.63) is 107 Å². The van der Waals surface area contributed by atoms with Crippen LogP contribution in [0.3, 0.4) is 0 Å². The Kier molecular flexibility index (Phi) is 7.81. The highest BCUT2D eigenvalue weighted by Gasteiger charge is 2.19. The number of halogens is 2. The maximum Gasteiger partial charge on any atom is 0.322 e. The standard InChI is InChI=1S/C30H25Cl2N5O2/c1-2-36(30(39)33-26-14-8-12-20-9-6-7-13-23(20)26)19-29(38)34-28-18-27(21-10-4-3-5-11-21)35-37(28)22-15-16-24(31)25(32)17-22/h3-18H,2,19H2,1H3,(H,33,39)(H,34,38). The average Bonchev–Trinajstić information content (AvgIpc) is 3.37. The Morgan fingerprint density at radius 2 is 1.59 bits per heavy atom. The van der Waals surface area contributed by atoms with Crippen LogP contribution in [0.25, 0.3) is 27.7 Å². The van der Waals surface area contributed by atoms with Crippen molar-refractivity contribution < 1.29 is 9.59 Å². The molecule has 3 amide bonds. The lowest BCUT2D eigenvalue weighted by atomic mass is 10.1. The molecule has 0 saturated carbocycles. The monoisotopic (exact) mass is 557 g/mol. The van der Waals surface area contributed by atoms with Gasteiger partial charge in [-0.2, -0.15) is 5.10 Å². The van der Waals surface area contributed by atoms with Gasteiger partial charge in [0.2, 0.25) is 5.91 Å². The first-order valence-corrected chi connectivity index (χ1v) is 13.1. The van der Waals surface area contributed by atoms with Gasteiger partial charge < -0.3 is 15.5 Å². The molecule has 0 radical (unpaired) electrons. The quantitative estimate of drug-likeness (QED) is 0.217. The van der Waals surface area contributed by atoms with E-state index in [9.17, 15) is 9.59 Å². The summed E-state index contributed by atoms with van der Waals surface area (Å²) in [6.07, 6.45) is 0. The Labute approximate surface area is 236 Å². The van der Waals surface area contributed by atoms with E-state index in [2.05, 4.69) is 10.6 Å². The highest BCUT2D eigenvalue weighted by Crippen LogP contribution is 2.29. The first-order chi connectivity index (χ1) is 18.9. The number of hydrogen-bond donors (Lipinski definition) is 2. The molecule has 0 spiro atoms. The van der Waals surface area contributed by atoms with Crippen molar-refractivity contribution in [3.8, 4) is 16.9 Å². The fourth-order valence-electron chi connectivity index (χ4n) is 4.25. The number of urea groups is 1. The molecular formula is C30H25Cl2N5O2. The minimum atomic E-state index is -0.370. The summed E-state index contributed by atoms with van der Waals surface area (Å²) >= 11 is 12.4. The zero-order valence-electron chi connectivity index (χ0n) is 21.1. The molecule has 0 aliphatic carbocycles. The molecule has 9 heteroatoms. The molecule has 2 N–H and O–H groups in total. The van der Waals surface area contributed by atoms with Crippen molar-refractivity contribution in [1.29, 1.82) is 0 Å². The van der Waals surface area contributed by atoms with Crippen LogP contribution in [0.1, 0.15) is 6.92 Å². The average molecular weight is 558 g/mol. The Morgan fingerprint density at radius 3 is 2.36 bits per heavy atom. The number of benzene rings is 4. The smallest absolute Gasteiger partial charge is 0.315 e. The number of anilines is 2. The third kappa shape index (κ3) is 5.90. The van der Waals surface area contributed by atoms with E-state index in [1.165, 1.54) is 4.90 Å². The molecule has 5 aromatic rings. The second kappa shape index (κ2) is 11.6. The van der Waals surface area contributed by atoms with E-state index < -0.39 is 0 Å².